The standard InChI is InChI=1S/C14H15NO2S/c1-17-14(16)12-10-6-2-3-7-11(10)18-13(12)15-8-4-5-9-15/h4-5,8-9H,2-3,6-7H2,1H3. The van der Waals surface area contributed by atoms with Gasteiger partial charge in [0.05, 0.1) is 12.7 Å². The van der Waals surface area contributed by atoms with E-state index in [4.69, 9.17) is 4.74 Å². The maximum Gasteiger partial charge on any atom is 0.341 e. The number of methoxy groups -OCH3 is 1. The van der Waals surface area contributed by atoms with E-state index < -0.39 is 0 Å². The molecule has 0 unspecified atom stereocenters. The molecule has 18 heavy (non-hydrogen) atoms. The van der Waals surface area contributed by atoms with Crippen molar-refractivity contribution < 1.29 is 9.53 Å². The lowest BCUT2D eigenvalue weighted by Gasteiger charge is -2.11. The zero-order valence-electron chi connectivity index (χ0n) is 10.3. The molecule has 4 heteroatoms. The summed E-state index contributed by atoms with van der Waals surface area (Å²) in [5.41, 5.74) is 1.98. The van der Waals surface area contributed by atoms with E-state index in [1.54, 1.807) is 11.3 Å². The number of rotatable bonds is 2. The molecule has 0 N–H and O–H groups in total. The molecular formula is C14H15NO2S. The highest BCUT2D eigenvalue weighted by molar-refractivity contribution is 7.15. The Morgan fingerprint density at radius 3 is 2.72 bits per heavy atom. The molecule has 2 aromatic heterocycles. The first-order valence-corrected chi connectivity index (χ1v) is 6.99. The van der Waals surface area contributed by atoms with Crippen molar-refractivity contribution in [2.75, 3.05) is 7.11 Å². The van der Waals surface area contributed by atoms with Crippen molar-refractivity contribution in [3.63, 3.8) is 0 Å². The summed E-state index contributed by atoms with van der Waals surface area (Å²) in [5, 5.41) is 0.999. The molecule has 2 aromatic rings. The van der Waals surface area contributed by atoms with E-state index in [0.717, 1.165) is 23.4 Å². The van der Waals surface area contributed by atoms with Crippen LogP contribution in [0.3, 0.4) is 0 Å². The number of esters is 1. The molecule has 3 nitrogen and oxygen atoms in total. The highest BCUT2D eigenvalue weighted by atomic mass is 32.1. The second-order valence-electron chi connectivity index (χ2n) is 4.47. The molecule has 0 saturated heterocycles. The van der Waals surface area contributed by atoms with E-state index in [-0.39, 0.29) is 5.97 Å². The fourth-order valence-corrected chi connectivity index (χ4v) is 3.86. The van der Waals surface area contributed by atoms with Crippen LogP contribution in [0.2, 0.25) is 0 Å². The molecule has 1 aliphatic carbocycles. The predicted octanol–water partition coefficient (Wildman–Crippen LogP) is 3.20. The van der Waals surface area contributed by atoms with Crippen LogP contribution in [0.5, 0.6) is 0 Å². The third-order valence-electron chi connectivity index (χ3n) is 3.38. The highest BCUT2D eigenvalue weighted by Crippen LogP contribution is 2.37. The van der Waals surface area contributed by atoms with E-state index >= 15 is 0 Å². The van der Waals surface area contributed by atoms with Gasteiger partial charge in [0.15, 0.2) is 0 Å². The van der Waals surface area contributed by atoms with Crippen LogP contribution < -0.4 is 0 Å². The van der Waals surface area contributed by atoms with Gasteiger partial charge < -0.3 is 9.30 Å². The lowest BCUT2D eigenvalue weighted by molar-refractivity contribution is 0.0600. The molecule has 3 rings (SSSR count). The zero-order chi connectivity index (χ0) is 12.5. The molecule has 0 amide bonds. The van der Waals surface area contributed by atoms with Crippen molar-refractivity contribution in [3.05, 3.63) is 40.5 Å². The lowest BCUT2D eigenvalue weighted by Crippen LogP contribution is -2.09. The summed E-state index contributed by atoms with van der Waals surface area (Å²) in [6.07, 6.45) is 8.42. The largest absolute Gasteiger partial charge is 0.465 e. The van der Waals surface area contributed by atoms with Crippen LogP contribution in [0.4, 0.5) is 0 Å². The van der Waals surface area contributed by atoms with Gasteiger partial charge in [-0.2, -0.15) is 0 Å². The second-order valence-corrected chi connectivity index (χ2v) is 5.56. The van der Waals surface area contributed by atoms with Gasteiger partial charge >= 0.3 is 5.97 Å². The highest BCUT2D eigenvalue weighted by Gasteiger charge is 2.26. The van der Waals surface area contributed by atoms with Gasteiger partial charge in [0.1, 0.15) is 5.00 Å². The molecule has 0 spiro atoms. The summed E-state index contributed by atoms with van der Waals surface area (Å²) in [4.78, 5) is 13.4. The van der Waals surface area contributed by atoms with Crippen molar-refractivity contribution in [1.29, 1.82) is 0 Å². The minimum Gasteiger partial charge on any atom is -0.465 e. The summed E-state index contributed by atoms with van der Waals surface area (Å²) >= 11 is 1.73. The SMILES string of the molecule is COC(=O)c1c(-n2cccc2)sc2c1CCCC2. The van der Waals surface area contributed by atoms with Crippen LogP contribution in [-0.4, -0.2) is 17.6 Å². The van der Waals surface area contributed by atoms with E-state index in [0.29, 0.717) is 0 Å². The molecule has 0 atom stereocenters. The predicted molar refractivity (Wildman–Crippen MR) is 71.6 cm³/mol. The number of ether oxygens (including phenoxy) is 1. The van der Waals surface area contributed by atoms with Crippen LogP contribution in [0, 0.1) is 0 Å². The molecule has 94 valence electrons. The van der Waals surface area contributed by atoms with Crippen molar-refractivity contribution in [2.45, 2.75) is 25.7 Å². The molecule has 0 aromatic carbocycles. The number of hydrogen-bond donors (Lipinski definition) is 0. The van der Waals surface area contributed by atoms with Crippen LogP contribution in [0.25, 0.3) is 5.00 Å². The average molecular weight is 261 g/mol. The van der Waals surface area contributed by atoms with E-state index in [2.05, 4.69) is 0 Å². The number of carbonyl (C=O) groups is 1. The van der Waals surface area contributed by atoms with Crippen LogP contribution in [0.15, 0.2) is 24.5 Å². The molecule has 0 fully saturated rings. The Kier molecular flexibility index (Phi) is 2.96. The number of thiophene rings is 1. The van der Waals surface area contributed by atoms with Crippen LogP contribution in [0.1, 0.15) is 33.6 Å². The van der Waals surface area contributed by atoms with E-state index in [9.17, 15) is 4.79 Å². The third kappa shape index (κ3) is 1.77. The number of carbonyl (C=O) groups excluding carboxylic acids is 1. The van der Waals surface area contributed by atoms with Crippen molar-refractivity contribution in [2.24, 2.45) is 0 Å². The van der Waals surface area contributed by atoms with Gasteiger partial charge in [0.25, 0.3) is 0 Å². The Morgan fingerprint density at radius 1 is 1.28 bits per heavy atom. The molecule has 0 aliphatic heterocycles. The Balaban J connectivity index is 2.18. The summed E-state index contributed by atoms with van der Waals surface area (Å²) < 4.78 is 6.96. The smallest absolute Gasteiger partial charge is 0.341 e. The van der Waals surface area contributed by atoms with E-state index in [1.165, 1.54) is 30.4 Å². The van der Waals surface area contributed by atoms with Crippen molar-refractivity contribution >= 4 is 17.3 Å². The van der Waals surface area contributed by atoms with Crippen molar-refractivity contribution in [3.8, 4) is 5.00 Å². The van der Waals surface area contributed by atoms with Gasteiger partial charge in [-0.1, -0.05) is 0 Å². The summed E-state index contributed by atoms with van der Waals surface area (Å²) in [6.45, 7) is 0. The number of nitrogens with zero attached hydrogens (tertiary/aromatic N) is 1. The van der Waals surface area contributed by atoms with Gasteiger partial charge in [-0.05, 0) is 43.4 Å². The van der Waals surface area contributed by atoms with Gasteiger partial charge in [-0.3, -0.25) is 0 Å². The summed E-state index contributed by atoms with van der Waals surface area (Å²) in [7, 11) is 1.45. The fraction of sp³-hybridized carbons (Fsp3) is 0.357. The summed E-state index contributed by atoms with van der Waals surface area (Å²) in [6, 6.07) is 3.94. The molecule has 0 radical (unpaired) electrons. The Morgan fingerprint density at radius 2 is 2.00 bits per heavy atom. The second kappa shape index (κ2) is 4.61. The zero-order valence-corrected chi connectivity index (χ0v) is 11.1. The van der Waals surface area contributed by atoms with Gasteiger partial charge in [0.2, 0.25) is 0 Å². The average Bonchev–Trinajstić information content (AvgIpc) is 3.04. The Hall–Kier alpha value is -1.55. The lowest BCUT2D eigenvalue weighted by atomic mass is 9.95. The normalized spacial score (nSPS) is 14.3. The maximum atomic E-state index is 12.0. The first kappa shape index (κ1) is 11.5. The quantitative estimate of drug-likeness (QED) is 0.777. The van der Waals surface area contributed by atoms with Gasteiger partial charge in [-0.15, -0.1) is 11.3 Å². The van der Waals surface area contributed by atoms with E-state index in [1.807, 2.05) is 29.1 Å². The number of aryl methyl sites for hydroxylation is 1. The monoisotopic (exact) mass is 261 g/mol. The van der Waals surface area contributed by atoms with Crippen molar-refractivity contribution in [1.82, 2.24) is 4.57 Å². The molecule has 0 saturated carbocycles. The fourth-order valence-electron chi connectivity index (χ4n) is 2.52. The maximum absolute atomic E-state index is 12.0. The molecule has 1 aliphatic rings. The minimum atomic E-state index is -0.210. The van der Waals surface area contributed by atoms with Gasteiger partial charge in [0, 0.05) is 17.3 Å². The number of fused-ring (bicyclic) bond motifs is 1. The van der Waals surface area contributed by atoms with Crippen LogP contribution >= 0.6 is 11.3 Å². The third-order valence-corrected chi connectivity index (χ3v) is 4.69. The first-order valence-electron chi connectivity index (χ1n) is 6.17. The topological polar surface area (TPSA) is 31.2 Å². The van der Waals surface area contributed by atoms with Gasteiger partial charge in [-0.25, -0.2) is 4.79 Å². The minimum absolute atomic E-state index is 0.210. The number of hydrogen-bond acceptors (Lipinski definition) is 3. The molecular weight excluding hydrogens is 246 g/mol. The Bertz CT molecular complexity index is 569. The molecule has 0 bridgehead atoms. The molecule has 2 heterocycles. The summed E-state index contributed by atoms with van der Waals surface area (Å²) in [5.74, 6) is -0.210. The Labute approximate surface area is 110 Å². The first-order chi connectivity index (χ1) is 8.81. The van der Waals surface area contributed by atoms with Crippen LogP contribution in [-0.2, 0) is 17.6 Å². The number of aromatic nitrogens is 1.